The summed E-state index contributed by atoms with van der Waals surface area (Å²) in [7, 11) is 0. The van der Waals surface area contributed by atoms with Crippen molar-refractivity contribution in [2.24, 2.45) is 0 Å². The van der Waals surface area contributed by atoms with Crippen molar-refractivity contribution in [3.63, 3.8) is 0 Å². The molecule has 0 atom stereocenters. The van der Waals surface area contributed by atoms with Gasteiger partial charge in [0.2, 0.25) is 0 Å². The van der Waals surface area contributed by atoms with Crippen LogP contribution in [-0.2, 0) is 20.7 Å². The Labute approximate surface area is 173 Å². The Bertz CT molecular complexity index is 841. The van der Waals surface area contributed by atoms with Crippen molar-refractivity contribution in [3.05, 3.63) is 52.0 Å². The van der Waals surface area contributed by atoms with Gasteiger partial charge in [0.05, 0.1) is 29.7 Å². The number of halogens is 2. The highest BCUT2D eigenvalue weighted by Gasteiger charge is 2.12. The fraction of sp³-hybridized carbons (Fsp3) is 0.300. The molecule has 0 saturated carbocycles. The third-order valence-corrected chi connectivity index (χ3v) is 4.26. The van der Waals surface area contributed by atoms with Gasteiger partial charge in [0.1, 0.15) is 0 Å². The molecule has 2 rings (SSSR count). The summed E-state index contributed by atoms with van der Waals surface area (Å²) in [5.41, 5.74) is 1.16. The highest BCUT2D eigenvalue weighted by atomic mass is 35.5. The van der Waals surface area contributed by atoms with Crippen LogP contribution >= 0.6 is 23.2 Å². The number of carbonyl (C=O) groups is 2. The number of carbonyl (C=O) groups excluding carboxylic acids is 2. The number of rotatable bonds is 9. The van der Waals surface area contributed by atoms with Crippen LogP contribution in [0.15, 0.2) is 36.4 Å². The van der Waals surface area contributed by atoms with Gasteiger partial charge in [0.15, 0.2) is 18.1 Å². The van der Waals surface area contributed by atoms with E-state index in [9.17, 15) is 9.59 Å². The maximum atomic E-state index is 12.0. The molecule has 6 nitrogen and oxygen atoms in total. The minimum atomic E-state index is -0.546. The second-order valence-corrected chi connectivity index (χ2v) is 6.48. The highest BCUT2D eigenvalue weighted by Crippen LogP contribution is 2.30. The van der Waals surface area contributed by atoms with Crippen molar-refractivity contribution in [1.82, 2.24) is 0 Å². The first-order valence-corrected chi connectivity index (χ1v) is 9.47. The number of benzene rings is 2. The molecule has 1 N–H and O–H groups in total. The number of anilines is 1. The molecule has 0 aliphatic rings. The maximum absolute atomic E-state index is 12.0. The Kier molecular flexibility index (Phi) is 8.42. The minimum absolute atomic E-state index is 0.0122. The Morgan fingerprint density at radius 3 is 2.32 bits per heavy atom. The predicted molar refractivity (Wildman–Crippen MR) is 109 cm³/mol. The van der Waals surface area contributed by atoms with Crippen molar-refractivity contribution >= 4 is 40.8 Å². The SMILES string of the molecule is CCOc1ccc(NC(=O)COC(=O)Cc2ccc(Cl)c(Cl)c2)cc1OCC. The van der Waals surface area contributed by atoms with Gasteiger partial charge in [0.25, 0.3) is 5.91 Å². The van der Waals surface area contributed by atoms with E-state index in [4.69, 9.17) is 37.4 Å². The predicted octanol–water partition coefficient (Wildman–Crippen LogP) is 4.52. The number of hydrogen-bond acceptors (Lipinski definition) is 5. The van der Waals surface area contributed by atoms with E-state index in [0.717, 1.165) is 0 Å². The zero-order chi connectivity index (χ0) is 20.5. The normalized spacial score (nSPS) is 10.3. The highest BCUT2D eigenvalue weighted by molar-refractivity contribution is 6.42. The molecule has 0 fully saturated rings. The summed E-state index contributed by atoms with van der Waals surface area (Å²) in [6, 6.07) is 9.90. The lowest BCUT2D eigenvalue weighted by atomic mass is 10.1. The molecule has 0 aliphatic carbocycles. The first-order valence-electron chi connectivity index (χ1n) is 8.72. The third kappa shape index (κ3) is 6.62. The molecule has 2 aromatic rings. The molecule has 0 aliphatic heterocycles. The van der Waals surface area contributed by atoms with E-state index in [0.29, 0.717) is 46.0 Å². The van der Waals surface area contributed by atoms with Gasteiger partial charge in [-0.2, -0.15) is 0 Å². The van der Waals surface area contributed by atoms with E-state index in [1.807, 2.05) is 13.8 Å². The largest absolute Gasteiger partial charge is 0.490 e. The monoisotopic (exact) mass is 425 g/mol. The second kappa shape index (κ2) is 10.8. The molecule has 1 amide bonds. The van der Waals surface area contributed by atoms with Gasteiger partial charge in [-0.15, -0.1) is 0 Å². The summed E-state index contributed by atoms with van der Waals surface area (Å²) in [5.74, 6) is 0.110. The lowest BCUT2D eigenvalue weighted by Gasteiger charge is -2.13. The van der Waals surface area contributed by atoms with Crippen LogP contribution in [-0.4, -0.2) is 31.7 Å². The van der Waals surface area contributed by atoms with Gasteiger partial charge >= 0.3 is 5.97 Å². The molecule has 0 bridgehead atoms. The molecule has 0 heterocycles. The number of esters is 1. The van der Waals surface area contributed by atoms with E-state index in [1.54, 1.807) is 36.4 Å². The Balaban J connectivity index is 1.88. The number of hydrogen-bond donors (Lipinski definition) is 1. The standard InChI is InChI=1S/C20H21Cl2NO5/c1-3-26-17-8-6-14(11-18(17)27-4-2)23-19(24)12-28-20(25)10-13-5-7-15(21)16(22)9-13/h5-9,11H,3-4,10,12H2,1-2H3,(H,23,24). The van der Waals surface area contributed by atoms with Gasteiger partial charge in [-0.1, -0.05) is 29.3 Å². The molecule has 0 aromatic heterocycles. The lowest BCUT2D eigenvalue weighted by Crippen LogP contribution is -2.21. The van der Waals surface area contributed by atoms with Gasteiger partial charge in [-0.25, -0.2) is 0 Å². The van der Waals surface area contributed by atoms with E-state index in [1.165, 1.54) is 0 Å². The zero-order valence-corrected chi connectivity index (χ0v) is 17.1. The van der Waals surface area contributed by atoms with Crippen molar-refractivity contribution < 1.29 is 23.8 Å². The molecule has 2 aromatic carbocycles. The van der Waals surface area contributed by atoms with Crippen LogP contribution in [0.3, 0.4) is 0 Å². The topological polar surface area (TPSA) is 73.9 Å². The molecule has 0 unspecified atom stereocenters. The summed E-state index contributed by atoms with van der Waals surface area (Å²) in [6.07, 6.45) is -0.0122. The first-order chi connectivity index (χ1) is 13.4. The Morgan fingerprint density at radius 1 is 0.929 bits per heavy atom. The van der Waals surface area contributed by atoms with Crippen molar-refractivity contribution in [3.8, 4) is 11.5 Å². The first kappa shape index (κ1) is 21.9. The van der Waals surface area contributed by atoms with Crippen LogP contribution in [0.25, 0.3) is 0 Å². The van der Waals surface area contributed by atoms with Crippen molar-refractivity contribution in [1.29, 1.82) is 0 Å². The molecule has 150 valence electrons. The fourth-order valence-electron chi connectivity index (χ4n) is 2.34. The number of ether oxygens (including phenoxy) is 3. The van der Waals surface area contributed by atoms with E-state index in [2.05, 4.69) is 5.32 Å². The number of nitrogens with one attached hydrogen (secondary N) is 1. The molecule has 8 heteroatoms. The zero-order valence-electron chi connectivity index (χ0n) is 15.6. The molecule has 0 saturated heterocycles. The summed E-state index contributed by atoms with van der Waals surface area (Å²) in [6.45, 7) is 4.29. The summed E-state index contributed by atoms with van der Waals surface area (Å²) < 4.78 is 16.0. The fourth-order valence-corrected chi connectivity index (χ4v) is 2.66. The molecule has 28 heavy (non-hydrogen) atoms. The quantitative estimate of drug-likeness (QED) is 0.597. The summed E-state index contributed by atoms with van der Waals surface area (Å²) >= 11 is 11.8. The molecule has 0 spiro atoms. The van der Waals surface area contributed by atoms with Crippen molar-refractivity contribution in [2.75, 3.05) is 25.1 Å². The molecular weight excluding hydrogens is 405 g/mol. The summed E-state index contributed by atoms with van der Waals surface area (Å²) in [4.78, 5) is 24.0. The summed E-state index contributed by atoms with van der Waals surface area (Å²) in [5, 5.41) is 3.41. The smallest absolute Gasteiger partial charge is 0.310 e. The van der Waals surface area contributed by atoms with E-state index >= 15 is 0 Å². The van der Waals surface area contributed by atoms with Crippen LogP contribution in [0.5, 0.6) is 11.5 Å². The van der Waals surface area contributed by atoms with Crippen LogP contribution in [0.1, 0.15) is 19.4 Å². The number of amides is 1. The van der Waals surface area contributed by atoms with Crippen LogP contribution < -0.4 is 14.8 Å². The maximum Gasteiger partial charge on any atom is 0.310 e. The Hall–Kier alpha value is -2.44. The van der Waals surface area contributed by atoms with Crippen LogP contribution in [0.4, 0.5) is 5.69 Å². The van der Waals surface area contributed by atoms with Crippen LogP contribution in [0.2, 0.25) is 10.0 Å². The van der Waals surface area contributed by atoms with Crippen LogP contribution in [0, 0.1) is 0 Å². The minimum Gasteiger partial charge on any atom is -0.490 e. The van der Waals surface area contributed by atoms with Gasteiger partial charge < -0.3 is 19.5 Å². The van der Waals surface area contributed by atoms with E-state index in [-0.39, 0.29) is 6.42 Å². The van der Waals surface area contributed by atoms with Gasteiger partial charge in [-0.05, 0) is 43.7 Å². The van der Waals surface area contributed by atoms with E-state index < -0.39 is 18.5 Å². The Morgan fingerprint density at radius 2 is 1.64 bits per heavy atom. The van der Waals surface area contributed by atoms with Gasteiger partial charge in [0, 0.05) is 11.8 Å². The molecular formula is C20H21Cl2NO5. The lowest BCUT2D eigenvalue weighted by molar-refractivity contribution is -0.146. The third-order valence-electron chi connectivity index (χ3n) is 3.52. The molecule has 0 radical (unpaired) electrons. The second-order valence-electron chi connectivity index (χ2n) is 5.66. The van der Waals surface area contributed by atoms with Gasteiger partial charge in [-0.3, -0.25) is 9.59 Å². The van der Waals surface area contributed by atoms with Crippen molar-refractivity contribution in [2.45, 2.75) is 20.3 Å². The average molecular weight is 426 g/mol. The average Bonchev–Trinajstić information content (AvgIpc) is 2.65.